The number of hydrogen-bond acceptors (Lipinski definition) is 3. The van der Waals surface area contributed by atoms with Crippen LogP contribution in [0.5, 0.6) is 5.75 Å². The van der Waals surface area contributed by atoms with E-state index in [1.807, 2.05) is 24.3 Å². The second-order valence-corrected chi connectivity index (χ2v) is 7.46. The topological polar surface area (TPSA) is 41.6 Å². The number of likely N-dealkylation sites (tertiary alicyclic amines) is 1. The van der Waals surface area contributed by atoms with Crippen LogP contribution in [0.15, 0.2) is 48.5 Å². The van der Waals surface area contributed by atoms with Gasteiger partial charge >= 0.3 is 0 Å². The minimum absolute atomic E-state index is 0.148. The van der Waals surface area contributed by atoms with Crippen LogP contribution in [-0.2, 0) is 17.8 Å². The Labute approximate surface area is 162 Å². The van der Waals surface area contributed by atoms with Crippen LogP contribution in [0.2, 0.25) is 0 Å². The van der Waals surface area contributed by atoms with E-state index < -0.39 is 0 Å². The maximum Gasteiger partial charge on any atom is 0.220 e. The highest BCUT2D eigenvalue weighted by Gasteiger charge is 2.20. The third-order valence-corrected chi connectivity index (χ3v) is 5.22. The van der Waals surface area contributed by atoms with Gasteiger partial charge in [0.2, 0.25) is 5.91 Å². The van der Waals surface area contributed by atoms with Crippen molar-refractivity contribution in [2.45, 2.75) is 45.2 Å². The fourth-order valence-corrected chi connectivity index (χ4v) is 3.69. The molecule has 1 fully saturated rings. The fourth-order valence-electron chi connectivity index (χ4n) is 3.69. The zero-order valence-electron chi connectivity index (χ0n) is 16.4. The van der Waals surface area contributed by atoms with Gasteiger partial charge < -0.3 is 10.1 Å². The van der Waals surface area contributed by atoms with Gasteiger partial charge in [-0.05, 0) is 49.4 Å². The van der Waals surface area contributed by atoms with Gasteiger partial charge in [-0.2, -0.15) is 0 Å². The number of rotatable bonds is 7. The van der Waals surface area contributed by atoms with Crippen LogP contribution in [-0.4, -0.2) is 37.0 Å². The summed E-state index contributed by atoms with van der Waals surface area (Å²) in [6.07, 6.45) is 3.32. The largest absolute Gasteiger partial charge is 0.497 e. The molecule has 0 spiro atoms. The van der Waals surface area contributed by atoms with E-state index in [4.69, 9.17) is 4.74 Å². The lowest BCUT2D eigenvalue weighted by molar-refractivity contribution is -0.122. The predicted molar refractivity (Wildman–Crippen MR) is 109 cm³/mol. The molecule has 1 amide bonds. The van der Waals surface area contributed by atoms with Crippen molar-refractivity contribution in [1.29, 1.82) is 0 Å². The molecule has 2 aromatic rings. The summed E-state index contributed by atoms with van der Waals surface area (Å²) in [6.45, 7) is 5.21. The molecule has 0 unspecified atom stereocenters. The molecule has 1 aliphatic rings. The molecule has 1 aliphatic heterocycles. The van der Waals surface area contributed by atoms with Gasteiger partial charge in [0.15, 0.2) is 0 Å². The monoisotopic (exact) mass is 366 g/mol. The Bertz CT molecular complexity index is 752. The molecule has 1 heterocycles. The molecule has 0 aliphatic carbocycles. The Morgan fingerprint density at radius 2 is 1.85 bits per heavy atom. The highest BCUT2D eigenvalue weighted by atomic mass is 16.5. The molecule has 0 saturated carbocycles. The number of piperidine rings is 1. The van der Waals surface area contributed by atoms with Crippen molar-refractivity contribution >= 4 is 5.91 Å². The molecular formula is C23H30N2O2. The van der Waals surface area contributed by atoms with E-state index in [9.17, 15) is 4.79 Å². The average Bonchev–Trinajstić information content (AvgIpc) is 2.68. The van der Waals surface area contributed by atoms with Gasteiger partial charge in [0.25, 0.3) is 0 Å². The van der Waals surface area contributed by atoms with Crippen molar-refractivity contribution < 1.29 is 9.53 Å². The van der Waals surface area contributed by atoms with Gasteiger partial charge in [-0.1, -0.05) is 42.0 Å². The third-order valence-electron chi connectivity index (χ3n) is 5.22. The van der Waals surface area contributed by atoms with E-state index in [-0.39, 0.29) is 5.91 Å². The van der Waals surface area contributed by atoms with Crippen LogP contribution in [0.1, 0.15) is 36.0 Å². The number of ether oxygens (including phenoxy) is 1. The number of nitrogens with one attached hydrogen (secondary N) is 1. The third kappa shape index (κ3) is 6.10. The van der Waals surface area contributed by atoms with Crippen LogP contribution in [0, 0.1) is 6.92 Å². The summed E-state index contributed by atoms with van der Waals surface area (Å²) in [4.78, 5) is 14.8. The van der Waals surface area contributed by atoms with Crippen LogP contribution in [0.4, 0.5) is 0 Å². The molecule has 1 saturated heterocycles. The lowest BCUT2D eigenvalue weighted by Crippen LogP contribution is -2.44. The van der Waals surface area contributed by atoms with Crippen LogP contribution in [0.25, 0.3) is 0 Å². The summed E-state index contributed by atoms with van der Waals surface area (Å²) in [7, 11) is 1.66. The number of aryl methyl sites for hydroxylation is 2. The van der Waals surface area contributed by atoms with Crippen LogP contribution >= 0.6 is 0 Å². The summed E-state index contributed by atoms with van der Waals surface area (Å²) >= 11 is 0. The minimum Gasteiger partial charge on any atom is -0.497 e. The summed E-state index contributed by atoms with van der Waals surface area (Å²) in [6, 6.07) is 16.9. The number of hydrogen-bond donors (Lipinski definition) is 1. The van der Waals surface area contributed by atoms with Gasteiger partial charge in [-0.3, -0.25) is 9.69 Å². The molecule has 27 heavy (non-hydrogen) atoms. The highest BCUT2D eigenvalue weighted by Crippen LogP contribution is 2.16. The van der Waals surface area contributed by atoms with E-state index >= 15 is 0 Å². The summed E-state index contributed by atoms with van der Waals surface area (Å²) in [5.74, 6) is 0.990. The van der Waals surface area contributed by atoms with Crippen molar-refractivity contribution in [3.63, 3.8) is 0 Å². The fraction of sp³-hybridized carbons (Fsp3) is 0.435. The maximum absolute atomic E-state index is 12.3. The van der Waals surface area contributed by atoms with Crippen LogP contribution in [0.3, 0.4) is 0 Å². The number of carbonyl (C=O) groups excluding carboxylic acids is 1. The maximum atomic E-state index is 12.3. The Morgan fingerprint density at radius 3 is 2.59 bits per heavy atom. The first-order valence-electron chi connectivity index (χ1n) is 9.82. The first kappa shape index (κ1) is 19.4. The molecule has 0 aromatic heterocycles. The Kier molecular flexibility index (Phi) is 6.88. The van der Waals surface area contributed by atoms with E-state index in [0.717, 1.165) is 50.2 Å². The van der Waals surface area contributed by atoms with E-state index in [1.165, 1.54) is 11.1 Å². The molecule has 3 rings (SSSR count). The van der Waals surface area contributed by atoms with Crippen molar-refractivity contribution in [3.8, 4) is 5.75 Å². The summed E-state index contributed by atoms with van der Waals surface area (Å²) in [5.41, 5.74) is 3.82. The number of nitrogens with zero attached hydrogens (tertiary/aromatic N) is 1. The van der Waals surface area contributed by atoms with Gasteiger partial charge in [-0.25, -0.2) is 0 Å². The van der Waals surface area contributed by atoms with Crippen molar-refractivity contribution in [2.24, 2.45) is 0 Å². The first-order valence-corrected chi connectivity index (χ1v) is 9.82. The van der Waals surface area contributed by atoms with Gasteiger partial charge in [0.05, 0.1) is 7.11 Å². The highest BCUT2D eigenvalue weighted by molar-refractivity contribution is 5.76. The van der Waals surface area contributed by atoms with Crippen molar-refractivity contribution in [2.75, 3.05) is 20.2 Å². The minimum atomic E-state index is 0.148. The number of methoxy groups -OCH3 is 1. The first-order chi connectivity index (χ1) is 13.1. The normalized spacial score (nSPS) is 15.5. The SMILES string of the molecule is COc1cccc(CCC(=O)NC2CCN(Cc3cccc(C)c3)CC2)c1. The molecular weight excluding hydrogens is 336 g/mol. The predicted octanol–water partition coefficient (Wildman–Crippen LogP) is 3.72. The molecule has 0 radical (unpaired) electrons. The van der Waals surface area contributed by atoms with Crippen molar-refractivity contribution in [3.05, 3.63) is 65.2 Å². The summed E-state index contributed by atoms with van der Waals surface area (Å²) < 4.78 is 5.24. The molecule has 0 atom stereocenters. The second kappa shape index (κ2) is 9.56. The zero-order chi connectivity index (χ0) is 19.1. The zero-order valence-corrected chi connectivity index (χ0v) is 16.4. The molecule has 2 aromatic carbocycles. The van der Waals surface area contributed by atoms with Gasteiger partial charge in [-0.15, -0.1) is 0 Å². The average molecular weight is 367 g/mol. The lowest BCUT2D eigenvalue weighted by Gasteiger charge is -2.32. The number of benzene rings is 2. The number of amides is 1. The standard InChI is InChI=1S/C23H30N2O2/c1-18-5-3-7-20(15-18)17-25-13-11-21(12-14-25)24-23(26)10-9-19-6-4-8-22(16-19)27-2/h3-8,15-16,21H,9-14,17H2,1-2H3,(H,24,26). The Morgan fingerprint density at radius 1 is 1.11 bits per heavy atom. The second-order valence-electron chi connectivity index (χ2n) is 7.46. The summed E-state index contributed by atoms with van der Waals surface area (Å²) in [5, 5.41) is 3.21. The van der Waals surface area contributed by atoms with Gasteiger partial charge in [0, 0.05) is 32.1 Å². The quantitative estimate of drug-likeness (QED) is 0.812. The van der Waals surface area contributed by atoms with Gasteiger partial charge in [0.1, 0.15) is 5.75 Å². The Hall–Kier alpha value is -2.33. The molecule has 0 bridgehead atoms. The molecule has 4 heteroatoms. The lowest BCUT2D eigenvalue weighted by atomic mass is 10.0. The number of carbonyl (C=O) groups is 1. The van der Waals surface area contributed by atoms with Crippen LogP contribution < -0.4 is 10.1 Å². The molecule has 144 valence electrons. The van der Waals surface area contributed by atoms with Crippen molar-refractivity contribution in [1.82, 2.24) is 10.2 Å². The van der Waals surface area contributed by atoms with E-state index in [0.29, 0.717) is 12.5 Å². The molecule has 4 nitrogen and oxygen atoms in total. The van der Waals surface area contributed by atoms with E-state index in [1.54, 1.807) is 7.11 Å². The molecule has 1 N–H and O–H groups in total. The smallest absolute Gasteiger partial charge is 0.220 e. The van der Waals surface area contributed by atoms with E-state index in [2.05, 4.69) is 41.4 Å². The Balaban J connectivity index is 1.38.